The van der Waals surface area contributed by atoms with E-state index in [-0.39, 0.29) is 5.54 Å². The monoisotopic (exact) mass is 221 g/mol. The fourth-order valence-electron chi connectivity index (χ4n) is 1.81. The van der Waals surface area contributed by atoms with Crippen LogP contribution in [0.15, 0.2) is 18.2 Å². The zero-order chi connectivity index (χ0) is 11.6. The van der Waals surface area contributed by atoms with Crippen LogP contribution in [0.4, 0.5) is 0 Å². The van der Waals surface area contributed by atoms with Crippen molar-refractivity contribution in [2.45, 2.75) is 31.7 Å². The normalized spacial score (nSPS) is 16.9. The highest BCUT2D eigenvalue weighted by Gasteiger charge is 2.38. The van der Waals surface area contributed by atoms with Crippen molar-refractivity contribution in [3.63, 3.8) is 0 Å². The first-order valence-corrected chi connectivity index (χ1v) is 5.75. The summed E-state index contributed by atoms with van der Waals surface area (Å²) in [6.07, 6.45) is 3.13. The quantitative estimate of drug-likeness (QED) is 0.828. The van der Waals surface area contributed by atoms with Gasteiger partial charge < -0.3 is 15.2 Å². The Labute approximate surface area is 96.5 Å². The van der Waals surface area contributed by atoms with Gasteiger partial charge in [-0.05, 0) is 37.8 Å². The van der Waals surface area contributed by atoms with E-state index in [2.05, 4.69) is 6.07 Å². The van der Waals surface area contributed by atoms with Gasteiger partial charge in [-0.15, -0.1) is 0 Å². The third-order valence-electron chi connectivity index (χ3n) is 3.01. The van der Waals surface area contributed by atoms with Crippen molar-refractivity contribution in [2.24, 2.45) is 5.73 Å². The summed E-state index contributed by atoms with van der Waals surface area (Å²) in [6.45, 7) is 2.65. The number of hydrogen-bond donors (Lipinski definition) is 1. The zero-order valence-corrected chi connectivity index (χ0v) is 9.95. The van der Waals surface area contributed by atoms with Crippen LogP contribution in [0.1, 0.15) is 25.3 Å². The van der Waals surface area contributed by atoms with E-state index < -0.39 is 0 Å². The van der Waals surface area contributed by atoms with Gasteiger partial charge in [0.25, 0.3) is 0 Å². The first-order valence-electron chi connectivity index (χ1n) is 5.75. The van der Waals surface area contributed by atoms with Crippen molar-refractivity contribution in [1.29, 1.82) is 0 Å². The molecule has 1 aromatic carbocycles. The van der Waals surface area contributed by atoms with Gasteiger partial charge in [0, 0.05) is 11.6 Å². The third kappa shape index (κ3) is 2.47. The molecule has 0 aromatic heterocycles. The standard InChI is InChI=1S/C13H19NO2/c1-3-16-12-8-11(15-2)5-4-10(12)9-13(14)6-7-13/h4-5,8H,3,6-7,9,14H2,1-2H3. The van der Waals surface area contributed by atoms with Crippen LogP contribution in [0.25, 0.3) is 0 Å². The van der Waals surface area contributed by atoms with E-state index in [1.165, 1.54) is 5.56 Å². The predicted octanol–water partition coefficient (Wildman–Crippen LogP) is 2.13. The molecule has 0 aliphatic heterocycles. The minimum atomic E-state index is 0.0143. The zero-order valence-electron chi connectivity index (χ0n) is 9.95. The number of methoxy groups -OCH3 is 1. The first-order chi connectivity index (χ1) is 7.67. The lowest BCUT2D eigenvalue weighted by Crippen LogP contribution is -2.24. The Balaban J connectivity index is 2.20. The molecule has 0 spiro atoms. The molecule has 0 bridgehead atoms. The minimum absolute atomic E-state index is 0.0143. The lowest BCUT2D eigenvalue weighted by molar-refractivity contribution is 0.331. The Morgan fingerprint density at radius 2 is 2.12 bits per heavy atom. The molecule has 2 rings (SSSR count). The summed E-state index contributed by atoms with van der Waals surface area (Å²) >= 11 is 0. The van der Waals surface area contributed by atoms with Crippen molar-refractivity contribution >= 4 is 0 Å². The molecular weight excluding hydrogens is 202 g/mol. The third-order valence-corrected chi connectivity index (χ3v) is 3.01. The molecular formula is C13H19NO2. The second-order valence-corrected chi connectivity index (χ2v) is 4.45. The molecule has 0 atom stereocenters. The highest BCUT2D eigenvalue weighted by atomic mass is 16.5. The Morgan fingerprint density at radius 3 is 2.69 bits per heavy atom. The summed E-state index contributed by atoms with van der Waals surface area (Å²) in [4.78, 5) is 0. The second kappa shape index (κ2) is 4.34. The van der Waals surface area contributed by atoms with Crippen molar-refractivity contribution < 1.29 is 9.47 Å². The molecule has 1 aliphatic rings. The Kier molecular flexibility index (Phi) is 3.06. The Morgan fingerprint density at radius 1 is 1.38 bits per heavy atom. The van der Waals surface area contributed by atoms with Crippen LogP contribution in [0.5, 0.6) is 11.5 Å². The van der Waals surface area contributed by atoms with E-state index in [4.69, 9.17) is 15.2 Å². The van der Waals surface area contributed by atoms with Crippen molar-refractivity contribution in [1.82, 2.24) is 0 Å². The molecule has 0 radical (unpaired) electrons. The van der Waals surface area contributed by atoms with E-state index >= 15 is 0 Å². The molecule has 0 amide bonds. The largest absolute Gasteiger partial charge is 0.497 e. The summed E-state index contributed by atoms with van der Waals surface area (Å²) in [6, 6.07) is 5.95. The summed E-state index contributed by atoms with van der Waals surface area (Å²) in [5.41, 5.74) is 7.32. The molecule has 1 aromatic rings. The summed E-state index contributed by atoms with van der Waals surface area (Å²) in [7, 11) is 1.66. The lowest BCUT2D eigenvalue weighted by atomic mass is 10.0. The smallest absolute Gasteiger partial charge is 0.126 e. The maximum atomic E-state index is 6.13. The van der Waals surface area contributed by atoms with Crippen molar-refractivity contribution in [3.8, 4) is 11.5 Å². The minimum Gasteiger partial charge on any atom is -0.497 e. The van der Waals surface area contributed by atoms with E-state index in [0.717, 1.165) is 30.8 Å². The van der Waals surface area contributed by atoms with Gasteiger partial charge in [0.15, 0.2) is 0 Å². The number of hydrogen-bond acceptors (Lipinski definition) is 3. The summed E-state index contributed by atoms with van der Waals surface area (Å²) in [5, 5.41) is 0. The summed E-state index contributed by atoms with van der Waals surface area (Å²) in [5.74, 6) is 1.73. The van der Waals surface area contributed by atoms with Gasteiger partial charge in [-0.3, -0.25) is 0 Å². The number of benzene rings is 1. The maximum absolute atomic E-state index is 6.13. The molecule has 1 saturated carbocycles. The number of nitrogens with two attached hydrogens (primary N) is 1. The van der Waals surface area contributed by atoms with Crippen molar-refractivity contribution in [2.75, 3.05) is 13.7 Å². The van der Waals surface area contributed by atoms with Crippen LogP contribution >= 0.6 is 0 Å². The Bertz CT molecular complexity index is 372. The predicted molar refractivity (Wildman–Crippen MR) is 64.0 cm³/mol. The van der Waals surface area contributed by atoms with Crippen molar-refractivity contribution in [3.05, 3.63) is 23.8 Å². The van der Waals surface area contributed by atoms with Crippen LogP contribution in [-0.4, -0.2) is 19.3 Å². The Hall–Kier alpha value is -1.22. The molecule has 1 aliphatic carbocycles. The van der Waals surface area contributed by atoms with Gasteiger partial charge in [-0.1, -0.05) is 6.07 Å². The topological polar surface area (TPSA) is 44.5 Å². The van der Waals surface area contributed by atoms with E-state index in [0.29, 0.717) is 6.61 Å². The van der Waals surface area contributed by atoms with Gasteiger partial charge in [-0.2, -0.15) is 0 Å². The number of ether oxygens (including phenoxy) is 2. The average molecular weight is 221 g/mol. The lowest BCUT2D eigenvalue weighted by Gasteiger charge is -2.14. The molecule has 88 valence electrons. The van der Waals surface area contributed by atoms with Crippen LogP contribution in [-0.2, 0) is 6.42 Å². The van der Waals surface area contributed by atoms with Gasteiger partial charge in [-0.25, -0.2) is 0 Å². The SMILES string of the molecule is CCOc1cc(OC)ccc1CC1(N)CC1. The van der Waals surface area contributed by atoms with Gasteiger partial charge in [0.2, 0.25) is 0 Å². The molecule has 0 heterocycles. The number of rotatable bonds is 5. The maximum Gasteiger partial charge on any atom is 0.126 e. The summed E-state index contributed by atoms with van der Waals surface area (Å²) < 4.78 is 10.8. The van der Waals surface area contributed by atoms with Crippen LogP contribution < -0.4 is 15.2 Å². The molecule has 0 unspecified atom stereocenters. The first kappa shape index (κ1) is 11.3. The van der Waals surface area contributed by atoms with Crippen LogP contribution in [0.3, 0.4) is 0 Å². The van der Waals surface area contributed by atoms with E-state index in [1.807, 2.05) is 19.1 Å². The fourth-order valence-corrected chi connectivity index (χ4v) is 1.81. The highest BCUT2D eigenvalue weighted by molar-refractivity contribution is 5.42. The molecule has 16 heavy (non-hydrogen) atoms. The van der Waals surface area contributed by atoms with E-state index in [9.17, 15) is 0 Å². The molecule has 2 N–H and O–H groups in total. The fraction of sp³-hybridized carbons (Fsp3) is 0.538. The molecule has 3 nitrogen and oxygen atoms in total. The van der Waals surface area contributed by atoms with E-state index in [1.54, 1.807) is 7.11 Å². The molecule has 0 saturated heterocycles. The van der Waals surface area contributed by atoms with Gasteiger partial charge >= 0.3 is 0 Å². The van der Waals surface area contributed by atoms with Crippen LogP contribution in [0, 0.1) is 0 Å². The van der Waals surface area contributed by atoms with Gasteiger partial charge in [0.1, 0.15) is 11.5 Å². The highest BCUT2D eigenvalue weighted by Crippen LogP contribution is 2.38. The second-order valence-electron chi connectivity index (χ2n) is 4.45. The van der Waals surface area contributed by atoms with Gasteiger partial charge in [0.05, 0.1) is 13.7 Å². The molecule has 1 fully saturated rings. The van der Waals surface area contributed by atoms with Crippen LogP contribution in [0.2, 0.25) is 0 Å². The molecule has 3 heteroatoms. The average Bonchev–Trinajstić information content (AvgIpc) is 2.99.